The van der Waals surface area contributed by atoms with Crippen molar-refractivity contribution in [3.8, 4) is 0 Å². The van der Waals surface area contributed by atoms with E-state index in [1.54, 1.807) is 12.1 Å². The molecule has 156 valence electrons. The molecule has 2 saturated heterocycles. The largest absolute Gasteiger partial charge is 0.368 e. The summed E-state index contributed by atoms with van der Waals surface area (Å²) < 4.78 is 17.9. The number of rotatable bonds is 5. The van der Waals surface area contributed by atoms with Gasteiger partial charge in [0.2, 0.25) is 5.91 Å². The van der Waals surface area contributed by atoms with E-state index in [2.05, 4.69) is 25.0 Å². The van der Waals surface area contributed by atoms with Crippen molar-refractivity contribution >= 4 is 11.6 Å². The molecule has 4 rings (SSSR count). The van der Waals surface area contributed by atoms with Gasteiger partial charge in [-0.1, -0.05) is 10.3 Å². The highest BCUT2D eigenvalue weighted by molar-refractivity contribution is 5.78. The summed E-state index contributed by atoms with van der Waals surface area (Å²) in [6.45, 7) is 9.59. The topological polar surface area (TPSA) is 69.0 Å². The van der Waals surface area contributed by atoms with E-state index in [-0.39, 0.29) is 11.7 Å². The van der Waals surface area contributed by atoms with Crippen LogP contribution in [0.5, 0.6) is 0 Å². The molecule has 0 radical (unpaired) electrons. The number of carbonyl (C=O) groups excluding carboxylic acids is 1. The van der Waals surface area contributed by atoms with Crippen LogP contribution < -0.4 is 4.90 Å². The minimum absolute atomic E-state index is 0.189. The molecule has 1 aromatic carbocycles. The van der Waals surface area contributed by atoms with Crippen molar-refractivity contribution < 1.29 is 13.8 Å². The van der Waals surface area contributed by atoms with Gasteiger partial charge < -0.3 is 9.80 Å². The Labute approximate surface area is 169 Å². The smallest absolute Gasteiger partial charge is 0.236 e. The zero-order chi connectivity index (χ0) is 20.2. The molecular formula is C20H27FN6O2. The van der Waals surface area contributed by atoms with Crippen molar-refractivity contribution in [2.24, 2.45) is 0 Å². The predicted molar refractivity (Wildman–Crippen MR) is 106 cm³/mol. The average Bonchev–Trinajstić information content (AvgIpc) is 3.14. The van der Waals surface area contributed by atoms with Crippen LogP contribution in [-0.4, -0.2) is 89.8 Å². The van der Waals surface area contributed by atoms with Crippen LogP contribution in [0.4, 0.5) is 10.1 Å². The molecule has 3 heterocycles. The summed E-state index contributed by atoms with van der Waals surface area (Å²) in [5.41, 5.74) is 2.73. The molecule has 2 fully saturated rings. The van der Waals surface area contributed by atoms with Crippen molar-refractivity contribution in [3.05, 3.63) is 41.5 Å². The van der Waals surface area contributed by atoms with Crippen LogP contribution in [0.1, 0.15) is 11.4 Å². The summed E-state index contributed by atoms with van der Waals surface area (Å²) in [5.74, 6) is -0.0377. The van der Waals surface area contributed by atoms with Gasteiger partial charge in [-0.3, -0.25) is 14.6 Å². The molecule has 1 amide bonds. The van der Waals surface area contributed by atoms with E-state index in [9.17, 15) is 9.18 Å². The first-order valence-corrected chi connectivity index (χ1v) is 10.1. The Morgan fingerprint density at radius 2 is 1.62 bits per heavy atom. The minimum Gasteiger partial charge on any atom is -0.368 e. The zero-order valence-corrected chi connectivity index (χ0v) is 16.8. The quantitative estimate of drug-likeness (QED) is 0.739. The SMILES string of the molecule is Cc1nonc1CN1CCN(CC(=O)N2CCN(c3ccc(F)cc3)CC2)CC1. The number of piperazine rings is 2. The molecule has 29 heavy (non-hydrogen) atoms. The Morgan fingerprint density at radius 3 is 2.24 bits per heavy atom. The van der Waals surface area contributed by atoms with E-state index < -0.39 is 0 Å². The first-order valence-electron chi connectivity index (χ1n) is 10.1. The molecule has 9 heteroatoms. The van der Waals surface area contributed by atoms with E-state index in [0.29, 0.717) is 19.6 Å². The second-order valence-corrected chi connectivity index (χ2v) is 7.69. The summed E-state index contributed by atoms with van der Waals surface area (Å²) in [6, 6.07) is 6.55. The first kappa shape index (κ1) is 19.8. The fourth-order valence-electron chi connectivity index (χ4n) is 3.87. The van der Waals surface area contributed by atoms with Crippen LogP contribution in [0.25, 0.3) is 0 Å². The molecule has 0 saturated carbocycles. The summed E-state index contributed by atoms with van der Waals surface area (Å²) in [4.78, 5) is 21.4. The van der Waals surface area contributed by atoms with E-state index in [0.717, 1.165) is 62.9 Å². The maximum atomic E-state index is 13.1. The second kappa shape index (κ2) is 8.87. The number of hydrogen-bond acceptors (Lipinski definition) is 7. The van der Waals surface area contributed by atoms with Crippen LogP contribution in [0.3, 0.4) is 0 Å². The van der Waals surface area contributed by atoms with E-state index >= 15 is 0 Å². The van der Waals surface area contributed by atoms with Crippen molar-refractivity contribution in [2.45, 2.75) is 13.5 Å². The molecule has 0 bridgehead atoms. The Hall–Kier alpha value is -2.52. The highest BCUT2D eigenvalue weighted by atomic mass is 19.1. The maximum Gasteiger partial charge on any atom is 0.236 e. The van der Waals surface area contributed by atoms with Gasteiger partial charge in [0.25, 0.3) is 0 Å². The van der Waals surface area contributed by atoms with Crippen LogP contribution in [0, 0.1) is 12.7 Å². The van der Waals surface area contributed by atoms with Gasteiger partial charge in [0.15, 0.2) is 0 Å². The Kier molecular flexibility index (Phi) is 6.05. The number of amides is 1. The molecule has 0 aliphatic carbocycles. The van der Waals surface area contributed by atoms with Crippen LogP contribution >= 0.6 is 0 Å². The lowest BCUT2D eigenvalue weighted by Gasteiger charge is -2.38. The van der Waals surface area contributed by atoms with Crippen molar-refractivity contribution in [1.29, 1.82) is 0 Å². The highest BCUT2D eigenvalue weighted by Crippen LogP contribution is 2.17. The molecule has 2 aliphatic heterocycles. The minimum atomic E-state index is -0.226. The van der Waals surface area contributed by atoms with Gasteiger partial charge in [0, 0.05) is 64.6 Å². The van der Waals surface area contributed by atoms with Gasteiger partial charge in [0.05, 0.1) is 6.54 Å². The number of carbonyl (C=O) groups is 1. The van der Waals surface area contributed by atoms with E-state index in [1.807, 2.05) is 11.8 Å². The molecular weight excluding hydrogens is 375 g/mol. The maximum absolute atomic E-state index is 13.1. The predicted octanol–water partition coefficient (Wildman–Crippen LogP) is 0.984. The van der Waals surface area contributed by atoms with Crippen molar-refractivity contribution in [3.63, 3.8) is 0 Å². The van der Waals surface area contributed by atoms with Gasteiger partial charge >= 0.3 is 0 Å². The average molecular weight is 402 g/mol. The molecule has 0 unspecified atom stereocenters. The third-order valence-corrected chi connectivity index (χ3v) is 5.77. The third kappa shape index (κ3) is 4.91. The Bertz CT molecular complexity index is 811. The van der Waals surface area contributed by atoms with E-state index in [1.165, 1.54) is 12.1 Å². The van der Waals surface area contributed by atoms with Gasteiger partial charge in [-0.05, 0) is 31.2 Å². The Balaban J connectivity index is 1.19. The Morgan fingerprint density at radius 1 is 0.966 bits per heavy atom. The second-order valence-electron chi connectivity index (χ2n) is 7.69. The third-order valence-electron chi connectivity index (χ3n) is 5.77. The van der Waals surface area contributed by atoms with Crippen LogP contribution in [-0.2, 0) is 11.3 Å². The lowest BCUT2D eigenvalue weighted by atomic mass is 10.2. The van der Waals surface area contributed by atoms with Gasteiger partial charge in [-0.2, -0.15) is 0 Å². The standard InChI is InChI=1S/C20H27FN6O2/c1-16-19(23-29-22-16)14-24-6-8-25(9-7-24)15-20(28)27-12-10-26(11-13-27)18-4-2-17(21)3-5-18/h2-5H,6-15H2,1H3. The monoisotopic (exact) mass is 402 g/mol. The molecule has 0 N–H and O–H groups in total. The van der Waals surface area contributed by atoms with Crippen molar-refractivity contribution in [2.75, 3.05) is 63.8 Å². The molecule has 1 aromatic heterocycles. The number of halogens is 1. The number of aromatic nitrogens is 2. The molecule has 2 aromatic rings. The van der Waals surface area contributed by atoms with E-state index in [4.69, 9.17) is 4.63 Å². The molecule has 0 spiro atoms. The number of benzene rings is 1. The highest BCUT2D eigenvalue weighted by Gasteiger charge is 2.25. The summed E-state index contributed by atoms with van der Waals surface area (Å²) in [7, 11) is 0. The fraction of sp³-hybridized carbons (Fsp3) is 0.550. The van der Waals surface area contributed by atoms with Gasteiger partial charge in [-0.15, -0.1) is 0 Å². The van der Waals surface area contributed by atoms with Crippen LogP contribution in [0.15, 0.2) is 28.9 Å². The lowest BCUT2D eigenvalue weighted by Crippen LogP contribution is -2.53. The number of anilines is 1. The first-order chi connectivity index (χ1) is 14.1. The number of nitrogens with zero attached hydrogens (tertiary/aromatic N) is 6. The zero-order valence-electron chi connectivity index (χ0n) is 16.8. The summed E-state index contributed by atoms with van der Waals surface area (Å²) in [5, 5.41) is 7.77. The lowest BCUT2D eigenvalue weighted by molar-refractivity contribution is -0.133. The van der Waals surface area contributed by atoms with Gasteiger partial charge in [0.1, 0.15) is 17.2 Å². The normalized spacial score (nSPS) is 19.0. The van der Waals surface area contributed by atoms with Crippen molar-refractivity contribution in [1.82, 2.24) is 25.0 Å². The number of hydrogen-bond donors (Lipinski definition) is 0. The molecule has 0 atom stereocenters. The van der Waals surface area contributed by atoms with Gasteiger partial charge in [-0.25, -0.2) is 9.02 Å². The van der Waals surface area contributed by atoms with Crippen LogP contribution in [0.2, 0.25) is 0 Å². The number of aryl methyl sites for hydroxylation is 1. The summed E-state index contributed by atoms with van der Waals surface area (Å²) in [6.07, 6.45) is 0. The molecule has 8 nitrogen and oxygen atoms in total. The molecule has 2 aliphatic rings. The fourth-order valence-corrected chi connectivity index (χ4v) is 3.87. The summed E-state index contributed by atoms with van der Waals surface area (Å²) >= 11 is 0.